The lowest BCUT2D eigenvalue weighted by atomic mass is 10.0. The minimum atomic E-state index is -0.475. The second-order valence-electron chi connectivity index (χ2n) is 7.65. The monoisotopic (exact) mass is 434 g/mol. The van der Waals surface area contributed by atoms with Gasteiger partial charge in [-0.2, -0.15) is 0 Å². The molecule has 0 aliphatic heterocycles. The summed E-state index contributed by atoms with van der Waals surface area (Å²) in [6, 6.07) is 13.2. The van der Waals surface area contributed by atoms with Crippen molar-refractivity contribution in [3.05, 3.63) is 64.8 Å². The molecule has 0 saturated carbocycles. The van der Waals surface area contributed by atoms with E-state index in [1.54, 1.807) is 14.2 Å². The number of carbonyl (C=O) groups is 2. The number of fused-ring (bicyclic) bond motifs is 2. The maximum atomic E-state index is 12.9. The summed E-state index contributed by atoms with van der Waals surface area (Å²) in [7, 11) is 3.17. The summed E-state index contributed by atoms with van der Waals surface area (Å²) in [6.45, 7) is 0.0929. The fraction of sp³-hybridized carbons (Fsp3) is 0.320. The molecule has 2 aromatic carbocycles. The fourth-order valence-electron chi connectivity index (χ4n) is 4.08. The fourth-order valence-corrected chi connectivity index (χ4v) is 4.08. The van der Waals surface area contributed by atoms with Crippen LogP contribution in [0.15, 0.2) is 42.5 Å². The van der Waals surface area contributed by atoms with Crippen molar-refractivity contribution in [2.75, 3.05) is 27.4 Å². The zero-order valence-corrected chi connectivity index (χ0v) is 18.3. The Morgan fingerprint density at radius 2 is 1.84 bits per heavy atom. The van der Waals surface area contributed by atoms with E-state index in [2.05, 4.69) is 10.3 Å². The van der Waals surface area contributed by atoms with Crippen LogP contribution in [-0.4, -0.2) is 44.2 Å². The van der Waals surface area contributed by atoms with Gasteiger partial charge < -0.3 is 19.5 Å². The van der Waals surface area contributed by atoms with Gasteiger partial charge in [0, 0.05) is 17.6 Å². The molecule has 1 aromatic heterocycles. The Morgan fingerprint density at radius 3 is 2.66 bits per heavy atom. The molecule has 0 bridgehead atoms. The van der Waals surface area contributed by atoms with Crippen LogP contribution in [0.1, 0.15) is 33.6 Å². The first-order chi connectivity index (χ1) is 15.6. The van der Waals surface area contributed by atoms with Gasteiger partial charge in [0.2, 0.25) is 0 Å². The van der Waals surface area contributed by atoms with E-state index < -0.39 is 5.97 Å². The Hall–Kier alpha value is -3.61. The Bertz CT molecular complexity index is 1160. The largest absolute Gasteiger partial charge is 0.493 e. The van der Waals surface area contributed by atoms with Crippen LogP contribution in [0.5, 0.6) is 11.5 Å². The quantitative estimate of drug-likeness (QED) is 0.548. The highest BCUT2D eigenvalue weighted by atomic mass is 16.5. The van der Waals surface area contributed by atoms with Gasteiger partial charge in [0.25, 0.3) is 5.91 Å². The highest BCUT2D eigenvalue weighted by molar-refractivity contribution is 6.05. The van der Waals surface area contributed by atoms with Crippen LogP contribution >= 0.6 is 0 Å². The number of aromatic nitrogens is 1. The molecule has 0 saturated heterocycles. The summed E-state index contributed by atoms with van der Waals surface area (Å²) in [6.07, 6.45) is 3.24. The van der Waals surface area contributed by atoms with Crippen molar-refractivity contribution in [2.45, 2.75) is 25.7 Å². The number of aryl methyl sites for hydroxylation is 1. The number of nitrogens with one attached hydrogen (secondary N) is 1. The van der Waals surface area contributed by atoms with E-state index in [1.807, 2.05) is 42.5 Å². The smallest absolute Gasteiger partial charge is 0.339 e. The zero-order chi connectivity index (χ0) is 22.5. The molecule has 0 radical (unpaired) electrons. The Kier molecular flexibility index (Phi) is 6.54. The number of benzene rings is 2. The summed E-state index contributed by atoms with van der Waals surface area (Å²) in [5.74, 6) is 0.482. The maximum absolute atomic E-state index is 12.9. The summed E-state index contributed by atoms with van der Waals surface area (Å²) in [5, 5.41) is 3.56. The lowest BCUT2D eigenvalue weighted by molar-refractivity contribution is -0.124. The molecule has 166 valence electrons. The van der Waals surface area contributed by atoms with E-state index in [-0.39, 0.29) is 12.5 Å². The molecule has 3 aromatic rings. The Morgan fingerprint density at radius 1 is 1.03 bits per heavy atom. The second-order valence-corrected chi connectivity index (χ2v) is 7.65. The number of hydrogen-bond acceptors (Lipinski definition) is 6. The number of rotatable bonds is 8. The molecule has 1 heterocycles. The van der Waals surface area contributed by atoms with E-state index >= 15 is 0 Å². The molecule has 1 N–H and O–H groups in total. The van der Waals surface area contributed by atoms with Crippen LogP contribution in [0.25, 0.3) is 10.9 Å². The standard InChI is InChI=1S/C25H26N2O5/c1-30-21-11-10-16(14-22(21)31-2)12-13-26-23(28)15-32-25(29)24-17-6-3-4-8-19(17)27-20-9-5-7-18(20)24/h3-4,6,8,10-11,14H,5,7,9,12-13,15H2,1-2H3,(H,26,28). The predicted octanol–water partition coefficient (Wildman–Crippen LogP) is 3.26. The number of amides is 1. The minimum Gasteiger partial charge on any atom is -0.493 e. The lowest BCUT2D eigenvalue weighted by Gasteiger charge is -2.12. The number of para-hydroxylation sites is 1. The molecule has 0 atom stereocenters. The minimum absolute atomic E-state index is 0.323. The Balaban J connectivity index is 1.35. The molecule has 7 nitrogen and oxygen atoms in total. The number of ether oxygens (including phenoxy) is 3. The average molecular weight is 434 g/mol. The van der Waals surface area contributed by atoms with Crippen LogP contribution in [0, 0.1) is 0 Å². The highest BCUT2D eigenvalue weighted by Gasteiger charge is 2.25. The summed E-state index contributed by atoms with van der Waals surface area (Å²) in [5.41, 5.74) is 4.22. The van der Waals surface area contributed by atoms with Gasteiger partial charge in [0.1, 0.15) is 0 Å². The lowest BCUT2D eigenvalue weighted by Crippen LogP contribution is -2.30. The predicted molar refractivity (Wildman–Crippen MR) is 120 cm³/mol. The molecule has 1 aliphatic rings. The van der Waals surface area contributed by atoms with Gasteiger partial charge in [-0.3, -0.25) is 9.78 Å². The number of carbonyl (C=O) groups excluding carboxylic acids is 2. The van der Waals surface area contributed by atoms with Gasteiger partial charge >= 0.3 is 5.97 Å². The van der Waals surface area contributed by atoms with E-state index in [4.69, 9.17) is 14.2 Å². The molecular weight excluding hydrogens is 408 g/mol. The number of nitrogens with zero attached hydrogens (tertiary/aromatic N) is 1. The topological polar surface area (TPSA) is 86.8 Å². The van der Waals surface area contributed by atoms with E-state index in [0.717, 1.165) is 47.0 Å². The molecule has 0 unspecified atom stereocenters. The Labute approximate surface area is 186 Å². The summed E-state index contributed by atoms with van der Waals surface area (Å²) < 4.78 is 15.9. The van der Waals surface area contributed by atoms with Crippen molar-refractivity contribution in [3.63, 3.8) is 0 Å². The molecule has 1 amide bonds. The first-order valence-electron chi connectivity index (χ1n) is 10.7. The average Bonchev–Trinajstić information content (AvgIpc) is 3.28. The van der Waals surface area contributed by atoms with Crippen molar-refractivity contribution < 1.29 is 23.8 Å². The van der Waals surface area contributed by atoms with Crippen molar-refractivity contribution in [3.8, 4) is 11.5 Å². The van der Waals surface area contributed by atoms with Crippen LogP contribution in [-0.2, 0) is 28.8 Å². The maximum Gasteiger partial charge on any atom is 0.339 e. The van der Waals surface area contributed by atoms with Gasteiger partial charge in [-0.05, 0) is 55.0 Å². The molecule has 4 rings (SSSR count). The number of pyridine rings is 1. The van der Waals surface area contributed by atoms with E-state index in [1.165, 1.54) is 0 Å². The van der Waals surface area contributed by atoms with Gasteiger partial charge in [-0.25, -0.2) is 4.79 Å². The van der Waals surface area contributed by atoms with E-state index in [0.29, 0.717) is 30.0 Å². The third kappa shape index (κ3) is 4.51. The van der Waals surface area contributed by atoms with Crippen LogP contribution < -0.4 is 14.8 Å². The highest BCUT2D eigenvalue weighted by Crippen LogP contribution is 2.30. The molecule has 1 aliphatic carbocycles. The van der Waals surface area contributed by atoms with Crippen molar-refractivity contribution in [1.29, 1.82) is 0 Å². The second kappa shape index (κ2) is 9.68. The van der Waals surface area contributed by atoms with Crippen molar-refractivity contribution >= 4 is 22.8 Å². The van der Waals surface area contributed by atoms with Crippen molar-refractivity contribution in [2.24, 2.45) is 0 Å². The van der Waals surface area contributed by atoms with Gasteiger partial charge in [0.15, 0.2) is 18.1 Å². The molecule has 7 heteroatoms. The summed E-state index contributed by atoms with van der Waals surface area (Å²) >= 11 is 0. The SMILES string of the molecule is COc1ccc(CCNC(=O)COC(=O)c2c3c(nc4ccccc24)CCC3)cc1OC. The van der Waals surface area contributed by atoms with Crippen LogP contribution in [0.2, 0.25) is 0 Å². The zero-order valence-electron chi connectivity index (χ0n) is 18.3. The van der Waals surface area contributed by atoms with Crippen molar-refractivity contribution in [1.82, 2.24) is 10.3 Å². The molecule has 0 spiro atoms. The third-order valence-corrected chi connectivity index (χ3v) is 5.64. The van der Waals surface area contributed by atoms with Crippen LogP contribution in [0.3, 0.4) is 0 Å². The number of esters is 1. The molecular formula is C25H26N2O5. The molecule has 32 heavy (non-hydrogen) atoms. The third-order valence-electron chi connectivity index (χ3n) is 5.64. The number of hydrogen-bond donors (Lipinski definition) is 1. The van der Waals surface area contributed by atoms with E-state index in [9.17, 15) is 9.59 Å². The normalized spacial score (nSPS) is 12.3. The first-order valence-corrected chi connectivity index (χ1v) is 10.7. The molecule has 0 fully saturated rings. The summed E-state index contributed by atoms with van der Waals surface area (Å²) in [4.78, 5) is 29.8. The van der Waals surface area contributed by atoms with Gasteiger partial charge in [-0.1, -0.05) is 24.3 Å². The van der Waals surface area contributed by atoms with Gasteiger partial charge in [-0.15, -0.1) is 0 Å². The van der Waals surface area contributed by atoms with Gasteiger partial charge in [0.05, 0.1) is 25.3 Å². The first kappa shape index (κ1) is 21.6. The van der Waals surface area contributed by atoms with Crippen LogP contribution in [0.4, 0.5) is 0 Å². The number of methoxy groups -OCH3 is 2.